The van der Waals surface area contributed by atoms with E-state index in [1.807, 2.05) is 11.1 Å². The normalized spacial score (nSPS) is 45.7. The SMILES string of the molecule is C[C@@]12C=CC[C@H]1[C@@H]1CCC3=C(CC=CC3)[C@H]1CC2. The second kappa shape index (κ2) is 3.85. The molecule has 96 valence electrons. The summed E-state index contributed by atoms with van der Waals surface area (Å²) in [5.41, 5.74) is 4.22. The number of hydrogen-bond acceptors (Lipinski definition) is 0. The van der Waals surface area contributed by atoms with E-state index in [9.17, 15) is 0 Å². The number of allylic oxidation sites excluding steroid dienone is 6. The van der Waals surface area contributed by atoms with Gasteiger partial charge in [-0.05, 0) is 68.1 Å². The molecule has 1 saturated carbocycles. The fourth-order valence-corrected chi connectivity index (χ4v) is 5.33. The monoisotopic (exact) mass is 240 g/mol. The predicted molar refractivity (Wildman–Crippen MR) is 76.2 cm³/mol. The van der Waals surface area contributed by atoms with Gasteiger partial charge in [-0.3, -0.25) is 0 Å². The van der Waals surface area contributed by atoms with Crippen LogP contribution in [0.15, 0.2) is 35.5 Å². The van der Waals surface area contributed by atoms with Crippen molar-refractivity contribution in [2.75, 3.05) is 0 Å². The fraction of sp³-hybridized carbons (Fsp3) is 0.667. The molecular weight excluding hydrogens is 216 g/mol. The molecule has 4 aliphatic carbocycles. The Bertz CT molecular complexity index is 451. The van der Waals surface area contributed by atoms with Crippen LogP contribution in [-0.2, 0) is 0 Å². The molecule has 0 aromatic carbocycles. The van der Waals surface area contributed by atoms with Crippen molar-refractivity contribution in [2.45, 2.75) is 51.9 Å². The van der Waals surface area contributed by atoms with E-state index >= 15 is 0 Å². The Morgan fingerprint density at radius 3 is 2.94 bits per heavy atom. The fourth-order valence-electron chi connectivity index (χ4n) is 5.33. The summed E-state index contributed by atoms with van der Waals surface area (Å²) < 4.78 is 0. The first-order valence-corrected chi connectivity index (χ1v) is 7.81. The zero-order chi connectivity index (χ0) is 12.2. The molecule has 0 aliphatic heterocycles. The lowest BCUT2D eigenvalue weighted by Gasteiger charge is -2.50. The van der Waals surface area contributed by atoms with Crippen molar-refractivity contribution in [3.05, 3.63) is 35.5 Å². The second-order valence-corrected chi connectivity index (χ2v) is 7.11. The van der Waals surface area contributed by atoms with E-state index < -0.39 is 0 Å². The summed E-state index contributed by atoms with van der Waals surface area (Å²) in [5.74, 6) is 2.89. The first kappa shape index (κ1) is 11.1. The van der Waals surface area contributed by atoms with Crippen molar-refractivity contribution in [3.8, 4) is 0 Å². The predicted octanol–water partition coefficient (Wildman–Crippen LogP) is 5.04. The highest BCUT2D eigenvalue weighted by atomic mass is 14.5. The van der Waals surface area contributed by atoms with Crippen molar-refractivity contribution in [1.82, 2.24) is 0 Å². The van der Waals surface area contributed by atoms with E-state index in [1.165, 1.54) is 44.9 Å². The molecule has 0 saturated heterocycles. The van der Waals surface area contributed by atoms with Crippen molar-refractivity contribution < 1.29 is 0 Å². The van der Waals surface area contributed by atoms with Gasteiger partial charge in [-0.1, -0.05) is 42.4 Å². The Labute approximate surface area is 111 Å². The van der Waals surface area contributed by atoms with Crippen molar-refractivity contribution in [3.63, 3.8) is 0 Å². The smallest absolute Gasteiger partial charge is 0.0112 e. The third kappa shape index (κ3) is 1.44. The van der Waals surface area contributed by atoms with Gasteiger partial charge in [-0.2, -0.15) is 0 Å². The summed E-state index contributed by atoms with van der Waals surface area (Å²) in [7, 11) is 0. The molecule has 4 atom stereocenters. The van der Waals surface area contributed by atoms with Crippen LogP contribution in [0.25, 0.3) is 0 Å². The maximum atomic E-state index is 2.54. The van der Waals surface area contributed by atoms with Crippen LogP contribution in [0.3, 0.4) is 0 Å². The molecular formula is C18H24. The first-order valence-electron chi connectivity index (χ1n) is 7.81. The average molecular weight is 240 g/mol. The lowest BCUT2D eigenvalue weighted by Crippen LogP contribution is -2.41. The Morgan fingerprint density at radius 2 is 2.00 bits per heavy atom. The van der Waals surface area contributed by atoms with Crippen LogP contribution < -0.4 is 0 Å². The van der Waals surface area contributed by atoms with E-state index in [1.54, 1.807) is 0 Å². The maximum absolute atomic E-state index is 2.54. The van der Waals surface area contributed by atoms with Crippen LogP contribution in [0, 0.1) is 23.2 Å². The Morgan fingerprint density at radius 1 is 1.11 bits per heavy atom. The Kier molecular flexibility index (Phi) is 2.37. The van der Waals surface area contributed by atoms with E-state index in [0.29, 0.717) is 5.41 Å². The molecule has 0 heteroatoms. The largest absolute Gasteiger partial charge is 0.0877 e. The highest BCUT2D eigenvalue weighted by molar-refractivity contribution is 5.31. The van der Waals surface area contributed by atoms with E-state index in [2.05, 4.69) is 31.2 Å². The van der Waals surface area contributed by atoms with E-state index in [-0.39, 0.29) is 0 Å². The highest BCUT2D eigenvalue weighted by Gasteiger charge is 2.48. The minimum atomic E-state index is 0.545. The van der Waals surface area contributed by atoms with Crippen LogP contribution >= 0.6 is 0 Å². The standard InChI is InChI=1S/C18H24/c1-18-11-4-7-17(18)16-9-8-13-5-2-3-6-14(13)15(16)10-12-18/h2-4,11,15-17H,5-10,12H2,1H3/t15-,16-,17+,18+/m1/s1. The highest BCUT2D eigenvalue weighted by Crippen LogP contribution is 2.58. The molecule has 0 heterocycles. The quantitative estimate of drug-likeness (QED) is 0.521. The molecule has 0 N–H and O–H groups in total. The molecule has 0 radical (unpaired) electrons. The van der Waals surface area contributed by atoms with Crippen molar-refractivity contribution in [1.29, 1.82) is 0 Å². The Balaban J connectivity index is 1.67. The molecule has 0 amide bonds. The van der Waals surface area contributed by atoms with Gasteiger partial charge in [0.15, 0.2) is 0 Å². The van der Waals surface area contributed by atoms with Crippen molar-refractivity contribution >= 4 is 0 Å². The number of hydrogen-bond donors (Lipinski definition) is 0. The number of fused-ring (bicyclic) bond motifs is 4. The maximum Gasteiger partial charge on any atom is -0.0112 e. The molecule has 0 bridgehead atoms. The summed E-state index contributed by atoms with van der Waals surface area (Å²) in [5, 5.41) is 0. The van der Waals surface area contributed by atoms with Gasteiger partial charge in [0.2, 0.25) is 0 Å². The van der Waals surface area contributed by atoms with Gasteiger partial charge in [-0.15, -0.1) is 0 Å². The third-order valence-corrected chi connectivity index (χ3v) is 6.31. The lowest BCUT2D eigenvalue weighted by atomic mass is 9.55. The molecule has 0 unspecified atom stereocenters. The first-order chi connectivity index (χ1) is 8.78. The minimum absolute atomic E-state index is 0.545. The van der Waals surface area contributed by atoms with Gasteiger partial charge in [-0.25, -0.2) is 0 Å². The molecule has 18 heavy (non-hydrogen) atoms. The minimum Gasteiger partial charge on any atom is -0.0877 e. The van der Waals surface area contributed by atoms with Gasteiger partial charge in [0.25, 0.3) is 0 Å². The van der Waals surface area contributed by atoms with E-state index in [4.69, 9.17) is 0 Å². The van der Waals surface area contributed by atoms with Gasteiger partial charge >= 0.3 is 0 Å². The summed E-state index contributed by atoms with van der Waals surface area (Å²) in [6.07, 6.45) is 19.5. The molecule has 0 nitrogen and oxygen atoms in total. The van der Waals surface area contributed by atoms with Crippen LogP contribution in [0.2, 0.25) is 0 Å². The van der Waals surface area contributed by atoms with Crippen molar-refractivity contribution in [2.24, 2.45) is 23.2 Å². The second-order valence-electron chi connectivity index (χ2n) is 7.11. The molecule has 4 aliphatic rings. The zero-order valence-corrected chi connectivity index (χ0v) is 11.5. The van der Waals surface area contributed by atoms with Crippen LogP contribution in [0.1, 0.15) is 51.9 Å². The van der Waals surface area contributed by atoms with Gasteiger partial charge in [0.1, 0.15) is 0 Å². The molecule has 4 rings (SSSR count). The molecule has 0 spiro atoms. The Hall–Kier alpha value is -0.780. The van der Waals surface area contributed by atoms with E-state index in [0.717, 1.165) is 17.8 Å². The van der Waals surface area contributed by atoms with Gasteiger partial charge < -0.3 is 0 Å². The van der Waals surface area contributed by atoms with Gasteiger partial charge in [0.05, 0.1) is 0 Å². The van der Waals surface area contributed by atoms with Crippen LogP contribution in [0.4, 0.5) is 0 Å². The third-order valence-electron chi connectivity index (χ3n) is 6.31. The average Bonchev–Trinajstić information content (AvgIpc) is 2.80. The summed E-state index contributed by atoms with van der Waals surface area (Å²) in [6.45, 7) is 2.52. The summed E-state index contributed by atoms with van der Waals surface area (Å²) >= 11 is 0. The molecule has 0 aromatic rings. The van der Waals surface area contributed by atoms with Gasteiger partial charge in [0, 0.05) is 0 Å². The lowest BCUT2D eigenvalue weighted by molar-refractivity contribution is 0.0635. The topological polar surface area (TPSA) is 0 Å². The summed E-state index contributed by atoms with van der Waals surface area (Å²) in [4.78, 5) is 0. The number of rotatable bonds is 0. The van der Waals surface area contributed by atoms with Crippen LogP contribution in [-0.4, -0.2) is 0 Å². The summed E-state index contributed by atoms with van der Waals surface area (Å²) in [6, 6.07) is 0. The van der Waals surface area contributed by atoms with Crippen LogP contribution in [0.5, 0.6) is 0 Å². The molecule has 0 aromatic heterocycles. The molecule has 1 fully saturated rings. The zero-order valence-electron chi connectivity index (χ0n) is 11.5.